The van der Waals surface area contributed by atoms with Crippen LogP contribution in [0.4, 0.5) is 14.6 Å². The molecule has 1 unspecified atom stereocenters. The zero-order valence-corrected chi connectivity index (χ0v) is 24.5. The van der Waals surface area contributed by atoms with Crippen LogP contribution in [0.25, 0.3) is 32.9 Å². The Morgan fingerprint density at radius 1 is 1.00 bits per heavy atom. The number of rotatable bonds is 4. The molecule has 0 aliphatic carbocycles. The predicted octanol–water partition coefficient (Wildman–Crippen LogP) is 5.69. The fraction of sp³-hybridized carbons (Fsp3) is 0.500. The molecule has 1 N–H and O–H groups in total. The Balaban J connectivity index is 1.24. The highest BCUT2D eigenvalue weighted by atomic mass is 19.1. The number of fused-ring (bicyclic) bond motifs is 7. The molecule has 43 heavy (non-hydrogen) atoms. The van der Waals surface area contributed by atoms with Crippen LogP contribution in [0.2, 0.25) is 0 Å². The summed E-state index contributed by atoms with van der Waals surface area (Å²) in [5.74, 6) is -0.0612. The average molecular weight is 583 g/mol. The molecule has 2 aromatic carbocycles. The molecule has 9 rings (SSSR count). The molecule has 4 aromatic rings. The summed E-state index contributed by atoms with van der Waals surface area (Å²) in [5.41, 5.74) is 2.38. The monoisotopic (exact) mass is 582 g/mol. The smallest absolute Gasteiger partial charge is 0.319 e. The van der Waals surface area contributed by atoms with E-state index in [0.29, 0.717) is 47.0 Å². The van der Waals surface area contributed by atoms with Gasteiger partial charge in [0.25, 0.3) is 0 Å². The summed E-state index contributed by atoms with van der Waals surface area (Å²) in [5, 5.41) is 6.04. The number of piperazine rings is 1. The number of halogens is 2. The van der Waals surface area contributed by atoms with Crippen LogP contribution in [0.15, 0.2) is 30.3 Å². The zero-order valence-electron chi connectivity index (χ0n) is 24.5. The van der Waals surface area contributed by atoms with E-state index in [1.807, 2.05) is 18.2 Å². The molecule has 4 fully saturated rings. The number of aromatic nitrogens is 3. The lowest BCUT2D eigenvalue weighted by Gasteiger charge is -2.41. The number of aryl methyl sites for hydroxylation is 2. The molecule has 7 heterocycles. The molecule has 0 saturated carbocycles. The van der Waals surface area contributed by atoms with Gasteiger partial charge >= 0.3 is 6.01 Å². The number of ether oxygens (including phenoxy) is 1. The van der Waals surface area contributed by atoms with Crippen LogP contribution in [0.5, 0.6) is 6.01 Å². The molecule has 2 aromatic heterocycles. The van der Waals surface area contributed by atoms with E-state index in [0.717, 1.165) is 68.6 Å². The van der Waals surface area contributed by atoms with Gasteiger partial charge in [0.05, 0.1) is 16.6 Å². The minimum absolute atomic E-state index is 0.0286. The Kier molecular flexibility index (Phi) is 5.77. The minimum atomic E-state index is -0.499. The van der Waals surface area contributed by atoms with E-state index in [1.54, 1.807) is 13.0 Å². The van der Waals surface area contributed by atoms with Gasteiger partial charge in [-0.2, -0.15) is 9.97 Å². The van der Waals surface area contributed by atoms with Crippen molar-refractivity contribution in [3.63, 3.8) is 0 Å². The van der Waals surface area contributed by atoms with Gasteiger partial charge in [0, 0.05) is 30.2 Å². The molecule has 9 heteroatoms. The topological polar surface area (TPSA) is 66.4 Å². The normalized spacial score (nSPS) is 25.7. The quantitative estimate of drug-likeness (QED) is 0.332. The molecule has 3 atom stereocenters. The van der Waals surface area contributed by atoms with Crippen LogP contribution in [0, 0.1) is 18.6 Å². The van der Waals surface area contributed by atoms with Gasteiger partial charge in [0.1, 0.15) is 29.5 Å². The number of nitrogens with one attached hydrogen (secondary N) is 1. The summed E-state index contributed by atoms with van der Waals surface area (Å²) in [4.78, 5) is 19.8. The first-order chi connectivity index (χ1) is 21.0. The van der Waals surface area contributed by atoms with Crippen molar-refractivity contribution in [2.75, 3.05) is 31.1 Å². The second-order valence-electron chi connectivity index (χ2n) is 13.4. The lowest BCUT2D eigenvalue weighted by molar-refractivity contribution is 0.108. The van der Waals surface area contributed by atoms with Crippen molar-refractivity contribution >= 4 is 27.5 Å². The number of pyridine rings is 1. The second-order valence-corrected chi connectivity index (χ2v) is 13.4. The van der Waals surface area contributed by atoms with Gasteiger partial charge in [-0.3, -0.25) is 4.90 Å². The maximum Gasteiger partial charge on any atom is 0.319 e. The minimum Gasteiger partial charge on any atom is -0.461 e. The second kappa shape index (κ2) is 9.53. The largest absolute Gasteiger partial charge is 0.461 e. The van der Waals surface area contributed by atoms with Crippen molar-refractivity contribution in [3.8, 4) is 17.3 Å². The van der Waals surface area contributed by atoms with Crippen LogP contribution in [0.1, 0.15) is 56.2 Å². The van der Waals surface area contributed by atoms with Gasteiger partial charge < -0.3 is 15.0 Å². The molecule has 5 aliphatic heterocycles. The maximum atomic E-state index is 17.0. The fourth-order valence-electron chi connectivity index (χ4n) is 9.00. The maximum absolute atomic E-state index is 17.0. The summed E-state index contributed by atoms with van der Waals surface area (Å²) in [6.45, 7) is 5.31. The van der Waals surface area contributed by atoms with Crippen molar-refractivity contribution in [1.29, 1.82) is 0 Å². The van der Waals surface area contributed by atoms with Crippen molar-refractivity contribution in [2.24, 2.45) is 0 Å². The molecule has 5 aliphatic rings. The summed E-state index contributed by atoms with van der Waals surface area (Å²) >= 11 is 0. The predicted molar refractivity (Wildman–Crippen MR) is 163 cm³/mol. The van der Waals surface area contributed by atoms with Crippen LogP contribution in [0.3, 0.4) is 0 Å². The Hall–Kier alpha value is -3.43. The standard InChI is InChI=1S/C34H36F2N6O/c1-19-23(35)9-7-20-5-2-6-22(27(19)20)30-29(36)31-28-25(38-30)11-12-26-24-10-8-21(37-24)17-42(26)32(28)40-33(39-31)43-18-34-13-3-15-41(34)16-4-14-34/h2,5-7,9,21,24,26,37H,3-4,8,10-18H2,1H3/t21-,24-,26?/m0/s1. The van der Waals surface area contributed by atoms with Crippen LogP contribution >= 0.6 is 0 Å². The fourth-order valence-corrected chi connectivity index (χ4v) is 9.00. The molecule has 0 amide bonds. The molecule has 0 radical (unpaired) electrons. The van der Waals surface area contributed by atoms with E-state index >= 15 is 4.39 Å². The van der Waals surface area contributed by atoms with Crippen LogP contribution in [-0.4, -0.2) is 69.8 Å². The number of hydrogen-bond acceptors (Lipinski definition) is 7. The van der Waals surface area contributed by atoms with E-state index in [2.05, 4.69) is 15.1 Å². The molecule has 4 saturated heterocycles. The van der Waals surface area contributed by atoms with Crippen molar-refractivity contribution in [2.45, 2.75) is 82.0 Å². The molecule has 2 bridgehead atoms. The molecule has 0 spiro atoms. The summed E-state index contributed by atoms with van der Waals surface area (Å²) in [6.07, 6.45) is 8.44. The van der Waals surface area contributed by atoms with Gasteiger partial charge in [-0.1, -0.05) is 24.3 Å². The third-order valence-electron chi connectivity index (χ3n) is 11.1. The number of anilines is 1. The van der Waals surface area contributed by atoms with E-state index in [4.69, 9.17) is 19.7 Å². The van der Waals surface area contributed by atoms with E-state index < -0.39 is 5.82 Å². The Morgan fingerprint density at radius 3 is 2.72 bits per heavy atom. The van der Waals surface area contributed by atoms with Gasteiger partial charge in [0.15, 0.2) is 5.82 Å². The van der Waals surface area contributed by atoms with Crippen LogP contribution < -0.4 is 15.0 Å². The number of nitrogens with zero attached hydrogens (tertiary/aromatic N) is 5. The highest BCUT2D eigenvalue weighted by Crippen LogP contribution is 2.44. The first-order valence-electron chi connectivity index (χ1n) is 16.0. The summed E-state index contributed by atoms with van der Waals surface area (Å²) in [7, 11) is 0. The van der Waals surface area contributed by atoms with E-state index in [-0.39, 0.29) is 34.6 Å². The van der Waals surface area contributed by atoms with Gasteiger partial charge in [0.2, 0.25) is 0 Å². The lowest BCUT2D eigenvalue weighted by Crippen LogP contribution is -2.58. The summed E-state index contributed by atoms with van der Waals surface area (Å²) < 4.78 is 38.2. The van der Waals surface area contributed by atoms with Gasteiger partial charge in [-0.15, -0.1) is 0 Å². The van der Waals surface area contributed by atoms with Crippen LogP contribution in [-0.2, 0) is 6.42 Å². The Bertz CT molecular complexity index is 1780. The average Bonchev–Trinajstić information content (AvgIpc) is 3.69. The van der Waals surface area contributed by atoms with Crippen molar-refractivity contribution in [1.82, 2.24) is 25.2 Å². The first kappa shape index (κ1) is 26.0. The lowest BCUT2D eigenvalue weighted by atomic mass is 9.95. The number of hydrogen-bond donors (Lipinski definition) is 1. The third-order valence-corrected chi connectivity index (χ3v) is 11.1. The SMILES string of the molecule is Cc1c(F)ccc2cccc(-c3nc4c5c(nc(OCC67CCCN6CCC7)nc5c3F)N3C[C@@H]5CC[C@H](N5)C3CC4)c12. The van der Waals surface area contributed by atoms with E-state index in [1.165, 1.54) is 18.9 Å². The zero-order chi connectivity index (χ0) is 28.9. The third kappa shape index (κ3) is 3.86. The molecular weight excluding hydrogens is 546 g/mol. The van der Waals surface area contributed by atoms with Gasteiger partial charge in [-0.25, -0.2) is 13.8 Å². The van der Waals surface area contributed by atoms with Crippen molar-refractivity contribution < 1.29 is 13.5 Å². The first-order valence-corrected chi connectivity index (χ1v) is 16.0. The van der Waals surface area contributed by atoms with Gasteiger partial charge in [-0.05, 0) is 93.8 Å². The molecule has 222 valence electrons. The molecular formula is C34H36F2N6O. The highest BCUT2D eigenvalue weighted by molar-refractivity contribution is 6.01. The van der Waals surface area contributed by atoms with Crippen molar-refractivity contribution in [3.05, 3.63) is 53.2 Å². The number of benzene rings is 2. The Labute approximate surface area is 249 Å². The summed E-state index contributed by atoms with van der Waals surface area (Å²) in [6, 6.07) is 10.1. The Morgan fingerprint density at radius 2 is 1.86 bits per heavy atom. The molecule has 7 nitrogen and oxygen atoms in total. The highest BCUT2D eigenvalue weighted by Gasteiger charge is 2.46. The van der Waals surface area contributed by atoms with E-state index in [9.17, 15) is 4.39 Å².